The van der Waals surface area contributed by atoms with E-state index in [-0.39, 0.29) is 0 Å². The van der Waals surface area contributed by atoms with Gasteiger partial charge in [0.2, 0.25) is 0 Å². The van der Waals surface area contributed by atoms with E-state index in [1.54, 1.807) is 12.1 Å². The first-order valence-electron chi connectivity index (χ1n) is 9.82. The van der Waals surface area contributed by atoms with Crippen molar-refractivity contribution in [2.45, 2.75) is 6.54 Å². The topological polar surface area (TPSA) is 73.4 Å². The van der Waals surface area contributed by atoms with Crippen LogP contribution in [-0.2, 0) is 6.54 Å². The molecule has 0 atom stereocenters. The van der Waals surface area contributed by atoms with Crippen LogP contribution in [0.4, 0.5) is 26.5 Å². The van der Waals surface area contributed by atoms with E-state index in [2.05, 4.69) is 54.7 Å². The van der Waals surface area contributed by atoms with Gasteiger partial charge in [-0.25, -0.2) is 19.2 Å². The van der Waals surface area contributed by atoms with E-state index in [9.17, 15) is 9.18 Å². The lowest BCUT2D eigenvalue weighted by atomic mass is 10.2. The SMILES string of the molecule is O=C(Nc1cccc(F)c1)Nc1cc(N2CCN(Cc3ccccc3)CC2)ncn1. The van der Waals surface area contributed by atoms with Crippen molar-refractivity contribution in [3.8, 4) is 0 Å². The molecule has 154 valence electrons. The number of halogens is 1. The minimum Gasteiger partial charge on any atom is -0.354 e. The summed E-state index contributed by atoms with van der Waals surface area (Å²) in [5.74, 6) is 0.745. The molecule has 0 aliphatic carbocycles. The summed E-state index contributed by atoms with van der Waals surface area (Å²) in [4.78, 5) is 25.2. The molecule has 0 spiro atoms. The summed E-state index contributed by atoms with van der Waals surface area (Å²) >= 11 is 0. The number of benzene rings is 2. The van der Waals surface area contributed by atoms with Crippen molar-refractivity contribution in [3.63, 3.8) is 0 Å². The molecule has 2 amide bonds. The molecule has 1 saturated heterocycles. The number of nitrogens with zero attached hydrogens (tertiary/aromatic N) is 4. The quantitative estimate of drug-likeness (QED) is 0.678. The number of carbonyl (C=O) groups excluding carboxylic acids is 1. The number of aromatic nitrogens is 2. The molecule has 1 fully saturated rings. The molecular formula is C22H23FN6O. The molecule has 1 aliphatic heterocycles. The molecule has 1 aromatic heterocycles. The van der Waals surface area contributed by atoms with Gasteiger partial charge in [-0.05, 0) is 23.8 Å². The summed E-state index contributed by atoms with van der Waals surface area (Å²) in [5.41, 5.74) is 1.68. The Bertz CT molecular complexity index is 992. The van der Waals surface area contributed by atoms with Gasteiger partial charge in [0.05, 0.1) is 0 Å². The summed E-state index contributed by atoms with van der Waals surface area (Å²) in [7, 11) is 0. The van der Waals surface area contributed by atoms with Crippen LogP contribution in [-0.4, -0.2) is 47.1 Å². The fraction of sp³-hybridized carbons (Fsp3) is 0.227. The predicted octanol–water partition coefficient (Wildman–Crippen LogP) is 3.58. The van der Waals surface area contributed by atoms with E-state index in [0.717, 1.165) is 38.5 Å². The predicted molar refractivity (Wildman–Crippen MR) is 115 cm³/mol. The standard InChI is InChI=1S/C22H23FN6O/c23-18-7-4-8-19(13-18)26-22(30)27-20-14-21(25-16-24-20)29-11-9-28(10-12-29)15-17-5-2-1-3-6-17/h1-8,13-14,16H,9-12,15H2,(H2,24,25,26,27,30). The second-order valence-electron chi connectivity index (χ2n) is 7.10. The molecule has 0 radical (unpaired) electrons. The third kappa shape index (κ3) is 5.30. The average molecular weight is 406 g/mol. The molecule has 8 heteroatoms. The van der Waals surface area contributed by atoms with Gasteiger partial charge in [-0.15, -0.1) is 0 Å². The molecule has 0 bridgehead atoms. The van der Waals surface area contributed by atoms with Crippen LogP contribution in [0.5, 0.6) is 0 Å². The third-order valence-electron chi connectivity index (χ3n) is 4.92. The maximum Gasteiger partial charge on any atom is 0.324 e. The summed E-state index contributed by atoms with van der Waals surface area (Å²) in [6, 6.07) is 17.4. The first-order valence-corrected chi connectivity index (χ1v) is 9.82. The largest absolute Gasteiger partial charge is 0.354 e. The minimum absolute atomic E-state index is 0.372. The van der Waals surface area contributed by atoms with E-state index in [1.165, 1.54) is 30.1 Å². The van der Waals surface area contributed by atoms with Crippen molar-refractivity contribution in [1.29, 1.82) is 0 Å². The number of urea groups is 1. The van der Waals surface area contributed by atoms with Gasteiger partial charge in [-0.1, -0.05) is 36.4 Å². The Morgan fingerprint density at radius 1 is 0.933 bits per heavy atom. The zero-order valence-corrected chi connectivity index (χ0v) is 16.5. The maximum atomic E-state index is 13.3. The van der Waals surface area contributed by atoms with Gasteiger partial charge in [-0.2, -0.15) is 0 Å². The molecule has 0 saturated carbocycles. The van der Waals surface area contributed by atoms with Crippen LogP contribution < -0.4 is 15.5 Å². The number of anilines is 3. The van der Waals surface area contributed by atoms with Crippen LogP contribution in [0.2, 0.25) is 0 Å². The number of hydrogen-bond acceptors (Lipinski definition) is 5. The Kier molecular flexibility index (Phi) is 6.14. The van der Waals surface area contributed by atoms with E-state index in [1.807, 2.05) is 6.07 Å². The lowest BCUT2D eigenvalue weighted by molar-refractivity contribution is 0.249. The molecule has 4 rings (SSSR count). The Morgan fingerprint density at radius 3 is 2.50 bits per heavy atom. The highest BCUT2D eigenvalue weighted by Crippen LogP contribution is 2.18. The highest BCUT2D eigenvalue weighted by molar-refractivity contribution is 5.99. The van der Waals surface area contributed by atoms with Crippen molar-refractivity contribution >= 4 is 23.4 Å². The van der Waals surface area contributed by atoms with Gasteiger partial charge in [0.15, 0.2) is 0 Å². The van der Waals surface area contributed by atoms with Crippen LogP contribution in [0.15, 0.2) is 67.0 Å². The van der Waals surface area contributed by atoms with Crippen molar-refractivity contribution < 1.29 is 9.18 Å². The number of piperazine rings is 1. The molecule has 2 N–H and O–H groups in total. The van der Waals surface area contributed by atoms with E-state index in [4.69, 9.17) is 0 Å². The second-order valence-corrected chi connectivity index (χ2v) is 7.10. The molecule has 2 aromatic carbocycles. The van der Waals surface area contributed by atoms with Gasteiger partial charge >= 0.3 is 6.03 Å². The Balaban J connectivity index is 1.32. The summed E-state index contributed by atoms with van der Waals surface area (Å²) in [6.45, 7) is 4.49. The lowest BCUT2D eigenvalue weighted by Crippen LogP contribution is -2.46. The molecule has 7 nitrogen and oxygen atoms in total. The van der Waals surface area contributed by atoms with Gasteiger partial charge in [-0.3, -0.25) is 10.2 Å². The maximum absolute atomic E-state index is 13.3. The number of rotatable bonds is 5. The van der Waals surface area contributed by atoms with Gasteiger partial charge < -0.3 is 10.2 Å². The van der Waals surface area contributed by atoms with Gasteiger partial charge in [0.25, 0.3) is 0 Å². The zero-order valence-electron chi connectivity index (χ0n) is 16.5. The van der Waals surface area contributed by atoms with Crippen molar-refractivity contribution in [2.24, 2.45) is 0 Å². The molecule has 0 unspecified atom stereocenters. The smallest absolute Gasteiger partial charge is 0.324 e. The average Bonchev–Trinajstić information content (AvgIpc) is 2.75. The Labute approximate surface area is 174 Å². The first kappa shape index (κ1) is 19.8. The highest BCUT2D eigenvalue weighted by Gasteiger charge is 2.19. The van der Waals surface area contributed by atoms with Gasteiger partial charge in [0.1, 0.15) is 23.8 Å². The normalized spacial score (nSPS) is 14.4. The lowest BCUT2D eigenvalue weighted by Gasteiger charge is -2.35. The second kappa shape index (κ2) is 9.32. The van der Waals surface area contributed by atoms with Crippen molar-refractivity contribution in [1.82, 2.24) is 14.9 Å². The van der Waals surface area contributed by atoms with Crippen LogP contribution in [0.3, 0.4) is 0 Å². The van der Waals surface area contributed by atoms with E-state index in [0.29, 0.717) is 11.5 Å². The fourth-order valence-electron chi connectivity index (χ4n) is 3.41. The Morgan fingerprint density at radius 2 is 1.73 bits per heavy atom. The molecular weight excluding hydrogens is 383 g/mol. The van der Waals surface area contributed by atoms with E-state index >= 15 is 0 Å². The number of amides is 2. The molecule has 30 heavy (non-hydrogen) atoms. The van der Waals surface area contributed by atoms with E-state index < -0.39 is 11.8 Å². The summed E-state index contributed by atoms with van der Waals surface area (Å²) < 4.78 is 13.3. The number of carbonyl (C=O) groups is 1. The summed E-state index contributed by atoms with van der Waals surface area (Å²) in [5, 5.41) is 5.26. The first-order chi connectivity index (χ1) is 14.7. The van der Waals surface area contributed by atoms with Crippen molar-refractivity contribution in [3.05, 3.63) is 78.4 Å². The van der Waals surface area contributed by atoms with Gasteiger partial charge in [0, 0.05) is 44.5 Å². The molecule has 2 heterocycles. The van der Waals surface area contributed by atoms with Crippen LogP contribution in [0.1, 0.15) is 5.56 Å². The Hall–Kier alpha value is -3.52. The van der Waals surface area contributed by atoms with Crippen molar-refractivity contribution in [2.75, 3.05) is 41.7 Å². The minimum atomic E-state index is -0.488. The monoisotopic (exact) mass is 406 g/mol. The van der Waals surface area contributed by atoms with Crippen LogP contribution >= 0.6 is 0 Å². The number of nitrogens with one attached hydrogen (secondary N) is 2. The molecule has 1 aliphatic rings. The van der Waals surface area contributed by atoms with Crippen LogP contribution in [0, 0.1) is 5.82 Å². The molecule has 3 aromatic rings. The third-order valence-corrected chi connectivity index (χ3v) is 4.92. The fourth-order valence-corrected chi connectivity index (χ4v) is 3.41. The highest BCUT2D eigenvalue weighted by atomic mass is 19.1. The zero-order chi connectivity index (χ0) is 20.8. The number of hydrogen-bond donors (Lipinski definition) is 2. The summed E-state index contributed by atoms with van der Waals surface area (Å²) in [6.07, 6.45) is 1.43. The van der Waals surface area contributed by atoms with Crippen LogP contribution in [0.25, 0.3) is 0 Å².